The molecule has 0 bridgehead atoms. The second kappa shape index (κ2) is 10.6. The van der Waals surface area contributed by atoms with Gasteiger partial charge in [0.05, 0.1) is 23.2 Å². The molecule has 0 aliphatic carbocycles. The lowest BCUT2D eigenvalue weighted by Gasteiger charge is -2.12. The van der Waals surface area contributed by atoms with E-state index in [1.807, 2.05) is 0 Å². The van der Waals surface area contributed by atoms with Gasteiger partial charge in [-0.2, -0.15) is 0 Å². The van der Waals surface area contributed by atoms with Crippen molar-refractivity contribution in [2.45, 2.75) is 6.42 Å². The van der Waals surface area contributed by atoms with E-state index in [0.717, 1.165) is 22.7 Å². The van der Waals surface area contributed by atoms with E-state index in [1.165, 1.54) is 19.2 Å². The van der Waals surface area contributed by atoms with Crippen LogP contribution in [0, 0.1) is 5.82 Å². The van der Waals surface area contributed by atoms with Gasteiger partial charge < -0.3 is 20.1 Å². The number of ether oxygens (including phenoxy) is 2. The zero-order valence-corrected chi connectivity index (χ0v) is 18.0. The second-order valence-electron chi connectivity index (χ2n) is 6.78. The van der Waals surface area contributed by atoms with Gasteiger partial charge in [0, 0.05) is 42.0 Å². The fourth-order valence-corrected chi connectivity index (χ4v) is 3.02. The molecule has 0 unspecified atom stereocenters. The summed E-state index contributed by atoms with van der Waals surface area (Å²) in [7, 11) is 1.33. The highest BCUT2D eigenvalue weighted by Gasteiger charge is 2.10. The molecule has 9 heteroatoms. The smallest absolute Gasteiger partial charge is 0.337 e. The molecule has 3 aromatic rings. The van der Waals surface area contributed by atoms with Crippen LogP contribution in [-0.2, 0) is 9.53 Å². The Hall–Kier alpha value is -3.65. The van der Waals surface area contributed by atoms with E-state index in [0.29, 0.717) is 24.2 Å². The molecule has 7 nitrogen and oxygen atoms in total. The van der Waals surface area contributed by atoms with Crippen LogP contribution in [0.15, 0.2) is 60.9 Å². The number of hydrogen-bond donors (Lipinski definition) is 2. The van der Waals surface area contributed by atoms with Gasteiger partial charge in [-0.1, -0.05) is 18.2 Å². The Balaban J connectivity index is 1.50. The molecule has 0 spiro atoms. The van der Waals surface area contributed by atoms with Crippen LogP contribution >= 0.6 is 11.6 Å². The number of methoxy groups -OCH3 is 1. The maximum atomic E-state index is 13.4. The van der Waals surface area contributed by atoms with Crippen LogP contribution in [0.5, 0.6) is 5.75 Å². The Morgan fingerprint density at radius 1 is 1.19 bits per heavy atom. The molecular formula is C23H21ClFN3O4. The van der Waals surface area contributed by atoms with Crippen molar-refractivity contribution < 1.29 is 23.5 Å². The van der Waals surface area contributed by atoms with E-state index < -0.39 is 17.7 Å². The summed E-state index contributed by atoms with van der Waals surface area (Å²) < 4.78 is 23.4. The molecule has 1 amide bonds. The Bertz CT molecular complexity index is 1170. The number of hydrogen-bond acceptors (Lipinski definition) is 6. The average molecular weight is 458 g/mol. The van der Waals surface area contributed by atoms with Crippen molar-refractivity contribution in [2.75, 3.05) is 25.6 Å². The van der Waals surface area contributed by atoms with Crippen LogP contribution in [0.25, 0.3) is 10.9 Å². The molecule has 1 heterocycles. The number of amides is 1. The second-order valence-corrected chi connectivity index (χ2v) is 7.18. The van der Waals surface area contributed by atoms with Gasteiger partial charge in [-0.25, -0.2) is 9.18 Å². The first kappa shape index (κ1) is 23.0. The summed E-state index contributed by atoms with van der Waals surface area (Å²) in [6.45, 7) is 4.02. The van der Waals surface area contributed by atoms with Crippen molar-refractivity contribution in [1.82, 2.24) is 10.3 Å². The minimum Gasteiger partial charge on any atom is -0.484 e. The SMILES string of the molecule is C=C(CCNc1ccnc2ccc(C(=O)OC)cc12)NC(=O)COc1ccc(Cl)c(F)c1. The monoisotopic (exact) mass is 457 g/mol. The molecule has 3 rings (SSSR count). The zero-order valence-electron chi connectivity index (χ0n) is 17.3. The van der Waals surface area contributed by atoms with Crippen molar-refractivity contribution >= 4 is 40.1 Å². The number of aromatic nitrogens is 1. The van der Waals surface area contributed by atoms with Crippen LogP contribution in [0.4, 0.5) is 10.1 Å². The minimum absolute atomic E-state index is 0.0221. The molecule has 2 N–H and O–H groups in total. The number of nitrogens with zero attached hydrogens (tertiary/aromatic N) is 1. The van der Waals surface area contributed by atoms with E-state index in [9.17, 15) is 14.0 Å². The predicted molar refractivity (Wildman–Crippen MR) is 120 cm³/mol. The van der Waals surface area contributed by atoms with E-state index in [-0.39, 0.29) is 17.4 Å². The highest BCUT2D eigenvalue weighted by atomic mass is 35.5. The lowest BCUT2D eigenvalue weighted by molar-refractivity contribution is -0.122. The van der Waals surface area contributed by atoms with Crippen molar-refractivity contribution in [1.29, 1.82) is 0 Å². The molecule has 0 atom stereocenters. The number of benzene rings is 2. The Labute approximate surface area is 189 Å². The third-order valence-electron chi connectivity index (χ3n) is 4.48. The number of halogens is 2. The summed E-state index contributed by atoms with van der Waals surface area (Å²) >= 11 is 5.61. The highest BCUT2D eigenvalue weighted by Crippen LogP contribution is 2.23. The zero-order chi connectivity index (χ0) is 23.1. The number of pyridine rings is 1. The molecule has 1 aromatic heterocycles. The van der Waals surface area contributed by atoms with Crippen molar-refractivity contribution in [2.24, 2.45) is 0 Å². The molecule has 0 saturated heterocycles. The Morgan fingerprint density at radius 3 is 2.75 bits per heavy atom. The molecule has 0 radical (unpaired) electrons. The quantitative estimate of drug-likeness (QED) is 0.465. The third-order valence-corrected chi connectivity index (χ3v) is 4.79. The predicted octanol–water partition coefficient (Wildman–Crippen LogP) is 4.32. The Kier molecular flexibility index (Phi) is 7.62. The molecular weight excluding hydrogens is 437 g/mol. The van der Waals surface area contributed by atoms with Crippen molar-refractivity contribution in [3.63, 3.8) is 0 Å². The van der Waals surface area contributed by atoms with Crippen LogP contribution < -0.4 is 15.4 Å². The van der Waals surface area contributed by atoms with Crippen LogP contribution in [0.2, 0.25) is 5.02 Å². The Morgan fingerprint density at radius 2 is 2.00 bits per heavy atom. The summed E-state index contributed by atoms with van der Waals surface area (Å²) in [6, 6.07) is 10.8. The van der Waals surface area contributed by atoms with Crippen LogP contribution in [0.1, 0.15) is 16.8 Å². The van der Waals surface area contributed by atoms with Crippen LogP contribution in [-0.4, -0.2) is 37.1 Å². The summed E-state index contributed by atoms with van der Waals surface area (Å²) in [5, 5.41) is 6.64. The van der Waals surface area contributed by atoms with Crippen LogP contribution in [0.3, 0.4) is 0 Å². The summed E-state index contributed by atoms with van der Waals surface area (Å²) in [5.74, 6) is -1.27. The summed E-state index contributed by atoms with van der Waals surface area (Å²) in [6.07, 6.45) is 2.11. The molecule has 0 aliphatic heterocycles. The van der Waals surface area contributed by atoms with Gasteiger partial charge in [-0.15, -0.1) is 0 Å². The van der Waals surface area contributed by atoms with Crippen molar-refractivity contribution in [3.8, 4) is 5.75 Å². The van der Waals surface area contributed by atoms with Gasteiger partial charge in [-0.05, 0) is 36.4 Å². The topological polar surface area (TPSA) is 89.5 Å². The number of carbonyl (C=O) groups is 2. The maximum absolute atomic E-state index is 13.4. The maximum Gasteiger partial charge on any atom is 0.337 e. The average Bonchev–Trinajstić information content (AvgIpc) is 2.79. The molecule has 32 heavy (non-hydrogen) atoms. The lowest BCUT2D eigenvalue weighted by atomic mass is 10.1. The fraction of sp³-hybridized carbons (Fsp3) is 0.174. The number of nitrogens with one attached hydrogen (secondary N) is 2. The van der Waals surface area contributed by atoms with Gasteiger partial charge in [0.1, 0.15) is 11.6 Å². The summed E-state index contributed by atoms with van der Waals surface area (Å²) in [4.78, 5) is 28.1. The minimum atomic E-state index is -0.623. The standard InChI is InChI=1S/C23H21ClFN3O4/c1-14(28-22(29)13-32-16-4-5-18(24)19(25)12-16)7-9-26-21-8-10-27-20-6-3-15(11-17(20)21)23(30)31-2/h3-6,8,10-12H,1,7,9,13H2,2H3,(H,26,27)(H,28,29). The normalized spacial score (nSPS) is 10.5. The van der Waals surface area contributed by atoms with E-state index in [2.05, 4.69) is 22.2 Å². The number of carbonyl (C=O) groups excluding carboxylic acids is 2. The highest BCUT2D eigenvalue weighted by molar-refractivity contribution is 6.30. The molecule has 166 valence electrons. The number of fused-ring (bicyclic) bond motifs is 1. The summed E-state index contributed by atoms with van der Waals surface area (Å²) in [5.41, 5.74) is 2.42. The lowest BCUT2D eigenvalue weighted by Crippen LogP contribution is -2.28. The molecule has 2 aromatic carbocycles. The molecule has 0 saturated carbocycles. The third kappa shape index (κ3) is 5.95. The van der Waals surface area contributed by atoms with E-state index in [4.69, 9.17) is 21.1 Å². The number of esters is 1. The largest absolute Gasteiger partial charge is 0.484 e. The number of anilines is 1. The fourth-order valence-electron chi connectivity index (χ4n) is 2.90. The van der Waals surface area contributed by atoms with E-state index in [1.54, 1.807) is 30.5 Å². The van der Waals surface area contributed by atoms with Gasteiger partial charge in [-0.3, -0.25) is 9.78 Å². The molecule has 0 fully saturated rings. The van der Waals surface area contributed by atoms with Crippen molar-refractivity contribution in [3.05, 3.63) is 77.3 Å². The van der Waals surface area contributed by atoms with E-state index >= 15 is 0 Å². The van der Waals surface area contributed by atoms with Gasteiger partial charge in [0.15, 0.2) is 6.61 Å². The first-order valence-corrected chi connectivity index (χ1v) is 10.0. The van der Waals surface area contributed by atoms with Gasteiger partial charge >= 0.3 is 5.97 Å². The number of rotatable bonds is 9. The first-order chi connectivity index (χ1) is 15.4. The van der Waals surface area contributed by atoms with Gasteiger partial charge in [0.25, 0.3) is 5.91 Å². The van der Waals surface area contributed by atoms with Gasteiger partial charge in [0.2, 0.25) is 0 Å². The molecule has 0 aliphatic rings. The first-order valence-electron chi connectivity index (χ1n) is 9.64.